The predicted octanol–water partition coefficient (Wildman–Crippen LogP) is 1.15. The zero-order valence-electron chi connectivity index (χ0n) is 13.3. The Labute approximate surface area is 139 Å². The van der Waals surface area contributed by atoms with Crippen LogP contribution in [0.5, 0.6) is 0 Å². The standard InChI is InChI=1S/C17H20N6O/c24-16(10-23-11-20-14-3-1-2-4-15(14)23)19-8-13-9-21-22-17(13)12-5-6-18-7-12/h1-4,9,11-12,18H,5-8,10H2,(H,19,24)(H,21,22). The van der Waals surface area contributed by atoms with Crippen LogP contribution in [0.25, 0.3) is 11.0 Å². The molecule has 1 aliphatic rings. The third-order valence-electron chi connectivity index (χ3n) is 4.54. The molecular weight excluding hydrogens is 304 g/mol. The highest BCUT2D eigenvalue weighted by atomic mass is 16.1. The first-order valence-corrected chi connectivity index (χ1v) is 8.20. The Hall–Kier alpha value is -2.67. The molecule has 1 unspecified atom stereocenters. The highest BCUT2D eigenvalue weighted by Gasteiger charge is 2.21. The number of benzene rings is 1. The molecule has 0 spiro atoms. The molecule has 4 rings (SSSR count). The average molecular weight is 324 g/mol. The molecule has 2 aromatic heterocycles. The summed E-state index contributed by atoms with van der Waals surface area (Å²) in [6.45, 7) is 2.75. The van der Waals surface area contributed by atoms with Crippen molar-refractivity contribution in [2.45, 2.75) is 25.4 Å². The van der Waals surface area contributed by atoms with Crippen LogP contribution in [0.4, 0.5) is 0 Å². The van der Waals surface area contributed by atoms with E-state index in [2.05, 4.69) is 25.8 Å². The molecule has 0 aliphatic carbocycles. The fourth-order valence-electron chi connectivity index (χ4n) is 3.26. The van der Waals surface area contributed by atoms with Crippen molar-refractivity contribution in [1.82, 2.24) is 30.4 Å². The largest absolute Gasteiger partial charge is 0.350 e. The van der Waals surface area contributed by atoms with Gasteiger partial charge in [0.2, 0.25) is 5.91 Å². The minimum Gasteiger partial charge on any atom is -0.350 e. The number of hydrogen-bond donors (Lipinski definition) is 3. The van der Waals surface area contributed by atoms with E-state index in [4.69, 9.17) is 0 Å². The second-order valence-corrected chi connectivity index (χ2v) is 6.14. The quantitative estimate of drug-likeness (QED) is 0.657. The molecule has 3 heterocycles. The summed E-state index contributed by atoms with van der Waals surface area (Å²) in [5, 5.41) is 13.6. The molecule has 7 heteroatoms. The first kappa shape index (κ1) is 14.9. The average Bonchev–Trinajstić information content (AvgIpc) is 3.33. The zero-order chi connectivity index (χ0) is 16.4. The summed E-state index contributed by atoms with van der Waals surface area (Å²) in [5.74, 6) is 0.423. The third kappa shape index (κ3) is 2.90. The van der Waals surface area contributed by atoms with E-state index in [1.807, 2.05) is 28.8 Å². The van der Waals surface area contributed by atoms with Gasteiger partial charge in [0.05, 0.1) is 23.6 Å². The van der Waals surface area contributed by atoms with Gasteiger partial charge in [0, 0.05) is 30.3 Å². The molecule has 1 aromatic carbocycles. The van der Waals surface area contributed by atoms with Gasteiger partial charge in [-0.3, -0.25) is 9.89 Å². The van der Waals surface area contributed by atoms with Crippen LogP contribution in [-0.2, 0) is 17.9 Å². The summed E-state index contributed by atoms with van der Waals surface area (Å²) in [6, 6.07) is 7.80. The molecule has 1 aliphatic heterocycles. The zero-order valence-corrected chi connectivity index (χ0v) is 13.3. The Kier molecular flexibility index (Phi) is 4.00. The van der Waals surface area contributed by atoms with E-state index in [0.29, 0.717) is 12.5 Å². The predicted molar refractivity (Wildman–Crippen MR) is 90.4 cm³/mol. The molecule has 0 saturated carbocycles. The smallest absolute Gasteiger partial charge is 0.240 e. The maximum atomic E-state index is 12.3. The SMILES string of the molecule is O=C(Cn1cnc2ccccc21)NCc1cn[nH]c1C1CCNC1. The highest BCUT2D eigenvalue weighted by molar-refractivity contribution is 5.80. The number of carbonyl (C=O) groups is 1. The lowest BCUT2D eigenvalue weighted by Crippen LogP contribution is -2.27. The van der Waals surface area contributed by atoms with E-state index in [1.165, 1.54) is 0 Å². The maximum absolute atomic E-state index is 12.3. The molecule has 3 N–H and O–H groups in total. The van der Waals surface area contributed by atoms with Crippen LogP contribution < -0.4 is 10.6 Å². The second kappa shape index (κ2) is 6.45. The molecule has 7 nitrogen and oxygen atoms in total. The number of H-pyrrole nitrogens is 1. The van der Waals surface area contributed by atoms with E-state index in [1.54, 1.807) is 12.5 Å². The normalized spacial score (nSPS) is 17.4. The van der Waals surface area contributed by atoms with Gasteiger partial charge in [-0.25, -0.2) is 4.98 Å². The van der Waals surface area contributed by atoms with Gasteiger partial charge in [-0.2, -0.15) is 5.10 Å². The Bertz CT molecular complexity index is 846. The number of fused-ring (bicyclic) bond motifs is 1. The van der Waals surface area contributed by atoms with E-state index >= 15 is 0 Å². The minimum atomic E-state index is -0.0325. The van der Waals surface area contributed by atoms with Crippen LogP contribution in [-0.4, -0.2) is 38.7 Å². The van der Waals surface area contributed by atoms with Crippen LogP contribution in [0.1, 0.15) is 23.6 Å². The van der Waals surface area contributed by atoms with Gasteiger partial charge >= 0.3 is 0 Å². The van der Waals surface area contributed by atoms with E-state index in [0.717, 1.165) is 41.8 Å². The van der Waals surface area contributed by atoms with Crippen molar-refractivity contribution in [2.24, 2.45) is 0 Å². The summed E-state index contributed by atoms with van der Waals surface area (Å²) in [4.78, 5) is 16.6. The Morgan fingerprint density at radius 2 is 2.29 bits per heavy atom. The summed E-state index contributed by atoms with van der Waals surface area (Å²) in [7, 11) is 0. The van der Waals surface area contributed by atoms with Gasteiger partial charge in [0.1, 0.15) is 6.54 Å². The van der Waals surface area contributed by atoms with Gasteiger partial charge in [-0.1, -0.05) is 12.1 Å². The van der Waals surface area contributed by atoms with Crippen LogP contribution >= 0.6 is 0 Å². The summed E-state index contributed by atoms with van der Waals surface area (Å²) >= 11 is 0. The lowest BCUT2D eigenvalue weighted by Gasteiger charge is -2.10. The van der Waals surface area contributed by atoms with E-state index < -0.39 is 0 Å². The number of carbonyl (C=O) groups excluding carboxylic acids is 1. The molecular formula is C17H20N6O. The van der Waals surface area contributed by atoms with Crippen molar-refractivity contribution in [3.05, 3.63) is 48.0 Å². The van der Waals surface area contributed by atoms with Crippen molar-refractivity contribution in [2.75, 3.05) is 13.1 Å². The maximum Gasteiger partial charge on any atom is 0.240 e. The number of nitrogens with one attached hydrogen (secondary N) is 3. The fraction of sp³-hybridized carbons (Fsp3) is 0.353. The third-order valence-corrected chi connectivity index (χ3v) is 4.54. The second-order valence-electron chi connectivity index (χ2n) is 6.14. The molecule has 0 bridgehead atoms. The lowest BCUT2D eigenvalue weighted by atomic mass is 10.0. The molecule has 1 atom stereocenters. The van der Waals surface area contributed by atoms with Crippen LogP contribution in [0, 0.1) is 0 Å². The number of hydrogen-bond acceptors (Lipinski definition) is 4. The fourth-order valence-corrected chi connectivity index (χ4v) is 3.26. The molecule has 24 heavy (non-hydrogen) atoms. The Balaban J connectivity index is 1.39. The van der Waals surface area contributed by atoms with Crippen molar-refractivity contribution in [3.63, 3.8) is 0 Å². The lowest BCUT2D eigenvalue weighted by molar-refractivity contribution is -0.121. The van der Waals surface area contributed by atoms with Gasteiger partial charge < -0.3 is 15.2 Å². The number of nitrogens with zero attached hydrogens (tertiary/aromatic N) is 3. The monoisotopic (exact) mass is 324 g/mol. The van der Waals surface area contributed by atoms with Crippen LogP contribution in [0.3, 0.4) is 0 Å². The first-order chi connectivity index (χ1) is 11.8. The summed E-state index contributed by atoms with van der Waals surface area (Å²) in [6.07, 6.45) is 4.61. The Morgan fingerprint density at radius 3 is 3.17 bits per heavy atom. The highest BCUT2D eigenvalue weighted by Crippen LogP contribution is 2.23. The molecule has 1 saturated heterocycles. The molecule has 1 fully saturated rings. The van der Waals surface area contributed by atoms with Gasteiger partial charge in [0.15, 0.2) is 0 Å². The van der Waals surface area contributed by atoms with Crippen LogP contribution in [0.2, 0.25) is 0 Å². The number of amides is 1. The number of aromatic amines is 1. The van der Waals surface area contributed by atoms with Crippen molar-refractivity contribution in [1.29, 1.82) is 0 Å². The van der Waals surface area contributed by atoms with Gasteiger partial charge in [0.25, 0.3) is 0 Å². The topological polar surface area (TPSA) is 87.6 Å². The number of imidazole rings is 1. The number of para-hydroxylation sites is 2. The van der Waals surface area contributed by atoms with Crippen molar-refractivity contribution in [3.8, 4) is 0 Å². The molecule has 1 amide bonds. The number of rotatable bonds is 5. The number of aromatic nitrogens is 4. The molecule has 3 aromatic rings. The minimum absolute atomic E-state index is 0.0325. The van der Waals surface area contributed by atoms with Crippen molar-refractivity contribution >= 4 is 16.9 Å². The van der Waals surface area contributed by atoms with Crippen LogP contribution in [0.15, 0.2) is 36.8 Å². The Morgan fingerprint density at radius 1 is 1.38 bits per heavy atom. The van der Waals surface area contributed by atoms with Gasteiger partial charge in [-0.05, 0) is 25.1 Å². The van der Waals surface area contributed by atoms with E-state index in [-0.39, 0.29) is 12.5 Å². The first-order valence-electron chi connectivity index (χ1n) is 8.20. The summed E-state index contributed by atoms with van der Waals surface area (Å²) in [5.41, 5.74) is 4.06. The van der Waals surface area contributed by atoms with E-state index in [9.17, 15) is 4.79 Å². The van der Waals surface area contributed by atoms with Crippen molar-refractivity contribution < 1.29 is 4.79 Å². The van der Waals surface area contributed by atoms with Gasteiger partial charge in [-0.15, -0.1) is 0 Å². The molecule has 124 valence electrons. The molecule has 0 radical (unpaired) electrons. The summed E-state index contributed by atoms with van der Waals surface area (Å²) < 4.78 is 1.86.